The van der Waals surface area contributed by atoms with E-state index in [1.54, 1.807) is 7.05 Å². The molecule has 0 saturated heterocycles. The highest BCUT2D eigenvalue weighted by atomic mass is 16.4. The lowest BCUT2D eigenvalue weighted by molar-refractivity contribution is -0.146. The molecule has 1 atom stereocenters. The Balaban J connectivity index is 2.16. The van der Waals surface area contributed by atoms with Gasteiger partial charge in [-0.15, -0.1) is 0 Å². The summed E-state index contributed by atoms with van der Waals surface area (Å²) < 4.78 is 1.51. The van der Waals surface area contributed by atoms with Crippen LogP contribution >= 0.6 is 0 Å². The second-order valence-corrected chi connectivity index (χ2v) is 3.59. The average Bonchev–Trinajstić information content (AvgIpc) is 2.72. The number of carbonyl (C=O) groups excluding carboxylic acids is 1. The van der Waals surface area contributed by atoms with Crippen LogP contribution in [0.4, 0.5) is 4.79 Å². The van der Waals surface area contributed by atoms with Gasteiger partial charge in [-0.05, 0) is 0 Å². The molecule has 0 aliphatic heterocycles. The number of rotatable bonds is 6. The lowest BCUT2D eigenvalue weighted by atomic mass is 10.2. The van der Waals surface area contributed by atoms with Crippen molar-refractivity contribution < 1.29 is 19.8 Å². The number of aliphatic hydroxyl groups excluding tert-OH is 1. The van der Waals surface area contributed by atoms with Crippen molar-refractivity contribution in [3.05, 3.63) is 12.2 Å². The largest absolute Gasteiger partial charge is 0.479 e. The van der Waals surface area contributed by atoms with Gasteiger partial charge in [0.05, 0.1) is 6.54 Å². The third-order valence-corrected chi connectivity index (χ3v) is 2.04. The van der Waals surface area contributed by atoms with Crippen LogP contribution in [-0.2, 0) is 18.4 Å². The summed E-state index contributed by atoms with van der Waals surface area (Å²) in [6.45, 7) is 0.239. The molecule has 2 amide bonds. The Morgan fingerprint density at radius 1 is 1.50 bits per heavy atom. The van der Waals surface area contributed by atoms with E-state index in [2.05, 4.69) is 20.7 Å². The molecule has 9 nitrogen and oxygen atoms in total. The quantitative estimate of drug-likeness (QED) is 0.488. The Morgan fingerprint density at radius 2 is 2.22 bits per heavy atom. The smallest absolute Gasteiger partial charge is 0.332 e. The molecule has 0 aliphatic carbocycles. The standard InChI is InChI=1S/C9H15N5O4/c1-14-5-12-7(13-14)4-11-9(18)10-3-2-6(15)8(16)17/h5-6,15H,2-4H2,1H3,(H,16,17)(H2,10,11,18)/t6-/m0/s1. The van der Waals surface area contributed by atoms with E-state index in [4.69, 9.17) is 10.2 Å². The minimum atomic E-state index is -1.47. The van der Waals surface area contributed by atoms with Crippen LogP contribution in [0.25, 0.3) is 0 Å². The molecule has 1 aromatic rings. The highest BCUT2D eigenvalue weighted by Crippen LogP contribution is 1.90. The number of nitrogens with zero attached hydrogens (tertiary/aromatic N) is 3. The second-order valence-electron chi connectivity index (χ2n) is 3.59. The van der Waals surface area contributed by atoms with Gasteiger partial charge in [-0.25, -0.2) is 14.6 Å². The lowest BCUT2D eigenvalue weighted by Gasteiger charge is -2.07. The number of aryl methyl sites for hydroxylation is 1. The van der Waals surface area contributed by atoms with Crippen LogP contribution < -0.4 is 10.6 Å². The second kappa shape index (κ2) is 6.55. The number of hydrogen-bond donors (Lipinski definition) is 4. The fourth-order valence-corrected chi connectivity index (χ4v) is 1.13. The number of nitrogens with one attached hydrogen (secondary N) is 2. The Bertz CT molecular complexity index is 419. The van der Waals surface area contributed by atoms with Gasteiger partial charge in [0.1, 0.15) is 6.33 Å². The summed E-state index contributed by atoms with van der Waals surface area (Å²) in [5.41, 5.74) is 0. The monoisotopic (exact) mass is 257 g/mol. The Labute approximate surface area is 103 Å². The predicted molar refractivity (Wildman–Crippen MR) is 59.5 cm³/mol. The van der Waals surface area contributed by atoms with Crippen molar-refractivity contribution in [1.82, 2.24) is 25.4 Å². The number of carboxylic acid groups (broad SMARTS) is 1. The fraction of sp³-hybridized carbons (Fsp3) is 0.556. The summed E-state index contributed by atoms with van der Waals surface area (Å²) in [5.74, 6) is -0.840. The van der Waals surface area contributed by atoms with Gasteiger partial charge in [-0.3, -0.25) is 4.68 Å². The van der Waals surface area contributed by atoms with Crippen molar-refractivity contribution in [2.24, 2.45) is 7.05 Å². The number of aliphatic carboxylic acids is 1. The van der Waals surface area contributed by atoms with Gasteiger partial charge in [0, 0.05) is 20.0 Å². The zero-order chi connectivity index (χ0) is 13.5. The van der Waals surface area contributed by atoms with E-state index in [1.165, 1.54) is 11.0 Å². The molecule has 1 heterocycles. The van der Waals surface area contributed by atoms with E-state index in [0.29, 0.717) is 5.82 Å². The topological polar surface area (TPSA) is 129 Å². The highest BCUT2D eigenvalue weighted by molar-refractivity contribution is 5.74. The van der Waals surface area contributed by atoms with Crippen molar-refractivity contribution in [2.75, 3.05) is 6.54 Å². The maximum Gasteiger partial charge on any atom is 0.332 e. The Hall–Kier alpha value is -2.16. The first-order valence-corrected chi connectivity index (χ1v) is 5.26. The Kier molecular flexibility index (Phi) is 5.06. The molecule has 4 N–H and O–H groups in total. The maximum absolute atomic E-state index is 11.3. The molecule has 0 radical (unpaired) electrons. The first-order chi connectivity index (χ1) is 8.49. The zero-order valence-corrected chi connectivity index (χ0v) is 9.83. The van der Waals surface area contributed by atoms with E-state index in [1.807, 2.05) is 0 Å². The molecule has 0 aromatic carbocycles. The molecule has 0 spiro atoms. The van der Waals surface area contributed by atoms with Crippen LogP contribution in [0.3, 0.4) is 0 Å². The third kappa shape index (κ3) is 4.78. The molecule has 0 saturated carbocycles. The number of urea groups is 1. The number of carbonyl (C=O) groups is 2. The molecular formula is C9H15N5O4. The molecule has 0 fully saturated rings. The SMILES string of the molecule is Cn1cnc(CNC(=O)NCC[C@H](O)C(=O)O)n1. The summed E-state index contributed by atoms with van der Waals surface area (Å²) in [4.78, 5) is 25.5. The van der Waals surface area contributed by atoms with Gasteiger partial charge in [0.2, 0.25) is 0 Å². The van der Waals surface area contributed by atoms with Crippen molar-refractivity contribution in [2.45, 2.75) is 19.1 Å². The van der Waals surface area contributed by atoms with Crippen LogP contribution in [-0.4, -0.2) is 49.6 Å². The molecule has 0 bridgehead atoms. The number of carboxylic acids is 1. The van der Waals surface area contributed by atoms with Crippen LogP contribution in [0.15, 0.2) is 6.33 Å². The van der Waals surface area contributed by atoms with Crippen LogP contribution in [0.5, 0.6) is 0 Å². The van der Waals surface area contributed by atoms with Crippen molar-refractivity contribution >= 4 is 12.0 Å². The van der Waals surface area contributed by atoms with Crippen molar-refractivity contribution in [1.29, 1.82) is 0 Å². The summed E-state index contributed by atoms with van der Waals surface area (Å²) in [7, 11) is 1.71. The summed E-state index contributed by atoms with van der Waals surface area (Å²) >= 11 is 0. The summed E-state index contributed by atoms with van der Waals surface area (Å²) in [6, 6.07) is -0.472. The highest BCUT2D eigenvalue weighted by Gasteiger charge is 2.12. The molecule has 18 heavy (non-hydrogen) atoms. The molecule has 9 heteroatoms. The van der Waals surface area contributed by atoms with Crippen LogP contribution in [0, 0.1) is 0 Å². The Morgan fingerprint density at radius 3 is 2.78 bits per heavy atom. The predicted octanol–water partition coefficient (Wildman–Crippen LogP) is -1.55. The minimum absolute atomic E-state index is 0.0510. The van der Waals surface area contributed by atoms with Crippen LogP contribution in [0.1, 0.15) is 12.2 Å². The van der Waals surface area contributed by atoms with Crippen LogP contribution in [0.2, 0.25) is 0 Å². The summed E-state index contributed by atoms with van der Waals surface area (Å²) in [5, 5.41) is 26.2. The summed E-state index contributed by atoms with van der Waals surface area (Å²) in [6.07, 6.45) is -0.00863. The van der Waals surface area contributed by atoms with Gasteiger partial charge in [-0.2, -0.15) is 5.10 Å². The molecular weight excluding hydrogens is 242 g/mol. The molecule has 0 unspecified atom stereocenters. The molecule has 0 aliphatic rings. The van der Waals surface area contributed by atoms with Gasteiger partial charge in [-0.1, -0.05) is 0 Å². The van der Waals surface area contributed by atoms with Gasteiger partial charge in [0.25, 0.3) is 0 Å². The van der Waals surface area contributed by atoms with Gasteiger partial charge in [0.15, 0.2) is 11.9 Å². The van der Waals surface area contributed by atoms with Gasteiger partial charge < -0.3 is 20.8 Å². The number of aromatic nitrogens is 3. The lowest BCUT2D eigenvalue weighted by Crippen LogP contribution is -2.37. The molecule has 1 aromatic heterocycles. The first-order valence-electron chi connectivity index (χ1n) is 5.26. The van der Waals surface area contributed by atoms with E-state index in [0.717, 1.165) is 0 Å². The van der Waals surface area contributed by atoms with Crippen molar-refractivity contribution in [3.8, 4) is 0 Å². The fourth-order valence-electron chi connectivity index (χ4n) is 1.13. The van der Waals surface area contributed by atoms with Crippen molar-refractivity contribution in [3.63, 3.8) is 0 Å². The number of amides is 2. The number of aliphatic hydroxyl groups is 1. The van der Waals surface area contributed by atoms with Gasteiger partial charge >= 0.3 is 12.0 Å². The van der Waals surface area contributed by atoms with E-state index < -0.39 is 18.1 Å². The molecule has 100 valence electrons. The maximum atomic E-state index is 11.3. The third-order valence-electron chi connectivity index (χ3n) is 2.04. The average molecular weight is 257 g/mol. The minimum Gasteiger partial charge on any atom is -0.479 e. The first kappa shape index (κ1) is 13.9. The zero-order valence-electron chi connectivity index (χ0n) is 9.83. The van der Waals surface area contributed by atoms with E-state index in [9.17, 15) is 9.59 Å². The van der Waals surface area contributed by atoms with E-state index >= 15 is 0 Å². The number of hydrogen-bond acceptors (Lipinski definition) is 5. The molecule has 1 rings (SSSR count). The van der Waals surface area contributed by atoms with E-state index in [-0.39, 0.29) is 19.5 Å². The normalized spacial score (nSPS) is 11.9.